The van der Waals surface area contributed by atoms with Gasteiger partial charge in [-0.25, -0.2) is 9.99 Å². The summed E-state index contributed by atoms with van der Waals surface area (Å²) in [6.07, 6.45) is 3.77. The molecule has 0 spiro atoms. The zero-order valence-electron chi connectivity index (χ0n) is 9.63. The van der Waals surface area contributed by atoms with Crippen LogP contribution in [0.2, 0.25) is 0 Å². The summed E-state index contributed by atoms with van der Waals surface area (Å²) < 4.78 is 0. The molecule has 17 heavy (non-hydrogen) atoms. The van der Waals surface area contributed by atoms with E-state index in [0.29, 0.717) is 5.95 Å². The van der Waals surface area contributed by atoms with Gasteiger partial charge in [-0.05, 0) is 25.0 Å². The van der Waals surface area contributed by atoms with Crippen molar-refractivity contribution in [1.29, 1.82) is 0 Å². The average molecular weight is 229 g/mol. The molecule has 0 bridgehead atoms. The normalized spacial score (nSPS) is 17.2. The van der Waals surface area contributed by atoms with Crippen LogP contribution in [0.4, 0.5) is 5.95 Å². The second kappa shape index (κ2) is 4.63. The third-order valence-corrected chi connectivity index (χ3v) is 2.97. The first-order chi connectivity index (χ1) is 8.42. The fourth-order valence-corrected chi connectivity index (χ4v) is 2.08. The zero-order valence-corrected chi connectivity index (χ0v) is 9.63. The van der Waals surface area contributed by atoms with Gasteiger partial charge in [0.1, 0.15) is 5.52 Å². The summed E-state index contributed by atoms with van der Waals surface area (Å²) >= 11 is 0. The number of nitrogens with zero attached hydrogens (tertiary/aromatic N) is 4. The van der Waals surface area contributed by atoms with Crippen LogP contribution in [0.5, 0.6) is 0 Å². The minimum Gasteiger partial charge on any atom is -0.286 e. The van der Waals surface area contributed by atoms with Crippen LogP contribution in [0.3, 0.4) is 0 Å². The molecule has 0 saturated carbocycles. The number of piperidine rings is 1. The minimum absolute atomic E-state index is 0.589. The van der Waals surface area contributed by atoms with E-state index in [2.05, 4.69) is 25.6 Å². The van der Waals surface area contributed by atoms with Crippen molar-refractivity contribution in [1.82, 2.24) is 20.2 Å². The van der Waals surface area contributed by atoms with E-state index < -0.39 is 0 Å². The number of hydrazine groups is 1. The molecule has 2 aromatic rings. The first-order valence-electron chi connectivity index (χ1n) is 6.03. The van der Waals surface area contributed by atoms with Gasteiger partial charge in [0.25, 0.3) is 5.95 Å². The molecule has 1 N–H and O–H groups in total. The van der Waals surface area contributed by atoms with Gasteiger partial charge in [-0.1, -0.05) is 18.6 Å². The van der Waals surface area contributed by atoms with Crippen LogP contribution in [0.1, 0.15) is 19.3 Å². The van der Waals surface area contributed by atoms with Gasteiger partial charge in [0.05, 0.1) is 5.52 Å². The minimum atomic E-state index is 0.589. The van der Waals surface area contributed by atoms with Crippen molar-refractivity contribution in [3.05, 3.63) is 24.3 Å². The summed E-state index contributed by atoms with van der Waals surface area (Å²) in [5.41, 5.74) is 4.93. The smallest absolute Gasteiger partial charge is 0.257 e. The molecule has 1 aromatic heterocycles. The fraction of sp³-hybridized carbons (Fsp3) is 0.417. The molecule has 1 aliphatic rings. The summed E-state index contributed by atoms with van der Waals surface area (Å²) in [6.45, 7) is 2.10. The maximum Gasteiger partial charge on any atom is 0.257 e. The predicted octanol–water partition coefficient (Wildman–Crippen LogP) is 1.84. The predicted molar refractivity (Wildman–Crippen MR) is 66.4 cm³/mol. The van der Waals surface area contributed by atoms with E-state index >= 15 is 0 Å². The van der Waals surface area contributed by atoms with E-state index in [0.717, 1.165) is 24.1 Å². The first kappa shape index (κ1) is 10.4. The van der Waals surface area contributed by atoms with Crippen LogP contribution in [0.25, 0.3) is 11.0 Å². The molecule has 0 aliphatic carbocycles. The summed E-state index contributed by atoms with van der Waals surface area (Å²) in [7, 11) is 0. The van der Waals surface area contributed by atoms with Crippen molar-refractivity contribution in [3.63, 3.8) is 0 Å². The highest BCUT2D eigenvalue weighted by Crippen LogP contribution is 2.12. The van der Waals surface area contributed by atoms with Gasteiger partial charge in [-0.15, -0.1) is 10.2 Å². The second-order valence-electron chi connectivity index (χ2n) is 4.28. The van der Waals surface area contributed by atoms with E-state index in [1.807, 2.05) is 24.3 Å². The van der Waals surface area contributed by atoms with E-state index in [9.17, 15) is 0 Å². The lowest BCUT2D eigenvalue weighted by atomic mass is 10.2. The Kier molecular flexibility index (Phi) is 2.83. The molecule has 88 valence electrons. The Bertz CT molecular complexity index is 507. The molecule has 0 atom stereocenters. The van der Waals surface area contributed by atoms with Crippen LogP contribution >= 0.6 is 0 Å². The number of benzene rings is 1. The number of aromatic nitrogens is 3. The zero-order chi connectivity index (χ0) is 11.5. The third kappa shape index (κ3) is 2.34. The molecule has 0 unspecified atom stereocenters. The number of rotatable bonds is 2. The van der Waals surface area contributed by atoms with Gasteiger partial charge in [0.2, 0.25) is 0 Å². The van der Waals surface area contributed by atoms with Gasteiger partial charge < -0.3 is 0 Å². The highest BCUT2D eigenvalue weighted by Gasteiger charge is 2.11. The first-order valence-corrected chi connectivity index (χ1v) is 6.03. The number of nitrogens with one attached hydrogen (secondary N) is 1. The number of anilines is 1. The quantitative estimate of drug-likeness (QED) is 0.851. The number of fused-ring (bicyclic) bond motifs is 1. The fourth-order valence-electron chi connectivity index (χ4n) is 2.08. The molecule has 1 fully saturated rings. The molecule has 3 rings (SSSR count). The Balaban J connectivity index is 1.80. The molecule has 1 saturated heterocycles. The molecule has 0 amide bonds. The van der Waals surface area contributed by atoms with E-state index in [-0.39, 0.29) is 0 Å². The lowest BCUT2D eigenvalue weighted by Gasteiger charge is -2.26. The lowest BCUT2D eigenvalue weighted by molar-refractivity contribution is 0.271. The topological polar surface area (TPSA) is 53.9 Å². The largest absolute Gasteiger partial charge is 0.286 e. The highest BCUT2D eigenvalue weighted by molar-refractivity contribution is 5.73. The van der Waals surface area contributed by atoms with Gasteiger partial charge in [0, 0.05) is 13.1 Å². The summed E-state index contributed by atoms with van der Waals surface area (Å²) in [6, 6.07) is 7.77. The standard InChI is InChI=1S/C12H15N5/c1-4-8-17(9-5-1)16-12-13-10-6-2-3-7-11(10)14-15-12/h2-3,6-7H,1,4-5,8-9H2,(H,13,15,16). The van der Waals surface area contributed by atoms with Crippen molar-refractivity contribution in [2.45, 2.75) is 19.3 Å². The van der Waals surface area contributed by atoms with Gasteiger partial charge >= 0.3 is 0 Å². The Labute approximate surface area is 99.8 Å². The Hall–Kier alpha value is -1.75. The van der Waals surface area contributed by atoms with Gasteiger partial charge in [-0.2, -0.15) is 0 Å². The molecule has 5 nitrogen and oxygen atoms in total. The van der Waals surface area contributed by atoms with Crippen LogP contribution in [-0.4, -0.2) is 33.3 Å². The van der Waals surface area contributed by atoms with Gasteiger partial charge in [0.15, 0.2) is 0 Å². The van der Waals surface area contributed by atoms with E-state index in [1.165, 1.54) is 19.3 Å². The van der Waals surface area contributed by atoms with Crippen molar-refractivity contribution in [2.24, 2.45) is 0 Å². The third-order valence-electron chi connectivity index (χ3n) is 2.97. The Morgan fingerprint density at radius 1 is 0.941 bits per heavy atom. The van der Waals surface area contributed by atoms with Crippen LogP contribution in [0.15, 0.2) is 24.3 Å². The van der Waals surface area contributed by atoms with Gasteiger partial charge in [-0.3, -0.25) is 5.43 Å². The SMILES string of the molecule is c1ccc2nc(NN3CCCCC3)nnc2c1. The van der Waals surface area contributed by atoms with E-state index in [4.69, 9.17) is 0 Å². The maximum atomic E-state index is 4.44. The Morgan fingerprint density at radius 3 is 2.53 bits per heavy atom. The van der Waals surface area contributed by atoms with Crippen molar-refractivity contribution in [2.75, 3.05) is 18.5 Å². The molecular formula is C12H15N5. The monoisotopic (exact) mass is 229 g/mol. The Morgan fingerprint density at radius 2 is 1.71 bits per heavy atom. The van der Waals surface area contributed by atoms with Crippen LogP contribution < -0.4 is 5.43 Å². The van der Waals surface area contributed by atoms with Crippen molar-refractivity contribution < 1.29 is 0 Å². The average Bonchev–Trinajstić information content (AvgIpc) is 2.40. The van der Waals surface area contributed by atoms with Crippen LogP contribution in [0, 0.1) is 0 Å². The molecular weight excluding hydrogens is 214 g/mol. The molecule has 5 heteroatoms. The van der Waals surface area contributed by atoms with Crippen molar-refractivity contribution >= 4 is 17.0 Å². The number of para-hydroxylation sites is 1. The number of hydrogen-bond donors (Lipinski definition) is 1. The molecule has 1 aromatic carbocycles. The summed E-state index contributed by atoms with van der Waals surface area (Å²) in [5.74, 6) is 0.589. The summed E-state index contributed by atoms with van der Waals surface area (Å²) in [4.78, 5) is 4.44. The lowest BCUT2D eigenvalue weighted by Crippen LogP contribution is -2.35. The van der Waals surface area contributed by atoms with Crippen molar-refractivity contribution in [3.8, 4) is 0 Å². The second-order valence-corrected chi connectivity index (χ2v) is 4.28. The van der Waals surface area contributed by atoms with E-state index in [1.54, 1.807) is 0 Å². The number of hydrogen-bond acceptors (Lipinski definition) is 5. The van der Waals surface area contributed by atoms with Crippen LogP contribution in [-0.2, 0) is 0 Å². The molecule has 2 heterocycles. The highest BCUT2D eigenvalue weighted by atomic mass is 15.5. The molecule has 1 aliphatic heterocycles. The summed E-state index contributed by atoms with van der Waals surface area (Å²) in [5, 5.41) is 10.4. The maximum absolute atomic E-state index is 4.44. The molecule has 0 radical (unpaired) electrons.